The molecular weight excluding hydrogens is 236 g/mol. The van der Waals surface area contributed by atoms with E-state index < -0.39 is 0 Å². The van der Waals surface area contributed by atoms with Crippen LogP contribution in [0.15, 0.2) is 24.4 Å². The highest BCUT2D eigenvalue weighted by Crippen LogP contribution is 2.16. The van der Waals surface area contributed by atoms with Gasteiger partial charge < -0.3 is 9.88 Å². The molecule has 1 unspecified atom stereocenters. The van der Waals surface area contributed by atoms with Crippen molar-refractivity contribution in [2.24, 2.45) is 0 Å². The molecule has 0 spiro atoms. The molecule has 0 radical (unpaired) electrons. The highest BCUT2D eigenvalue weighted by Gasteiger charge is 2.11. The first-order chi connectivity index (χ1) is 9.19. The summed E-state index contributed by atoms with van der Waals surface area (Å²) in [6.45, 7) is 8.28. The maximum Gasteiger partial charge on any atom is 0.0642 e. The van der Waals surface area contributed by atoms with E-state index in [9.17, 15) is 0 Å². The lowest BCUT2D eigenvalue weighted by molar-refractivity contribution is 0.558. The van der Waals surface area contributed by atoms with Crippen molar-refractivity contribution in [2.75, 3.05) is 7.05 Å². The van der Waals surface area contributed by atoms with Crippen LogP contribution in [0, 0.1) is 0 Å². The Morgan fingerprint density at radius 2 is 2.16 bits per heavy atom. The van der Waals surface area contributed by atoms with Crippen LogP contribution in [0.1, 0.15) is 43.9 Å². The molecule has 0 aliphatic rings. The highest BCUT2D eigenvalue weighted by atomic mass is 15.3. The largest absolute Gasteiger partial charge is 0.344 e. The number of nitrogens with one attached hydrogen (secondary N) is 1. The summed E-state index contributed by atoms with van der Waals surface area (Å²) in [7, 11) is 1.99. The van der Waals surface area contributed by atoms with Crippen LogP contribution in [0.3, 0.4) is 0 Å². The first-order valence-electron chi connectivity index (χ1n) is 7.07. The third-order valence-corrected chi connectivity index (χ3v) is 3.65. The highest BCUT2D eigenvalue weighted by molar-refractivity contribution is 5.16. The van der Waals surface area contributed by atoms with Gasteiger partial charge >= 0.3 is 0 Å². The van der Waals surface area contributed by atoms with Crippen LogP contribution in [-0.2, 0) is 19.5 Å². The van der Waals surface area contributed by atoms with Crippen molar-refractivity contribution in [1.29, 1.82) is 0 Å². The van der Waals surface area contributed by atoms with Gasteiger partial charge in [-0.25, -0.2) is 0 Å². The van der Waals surface area contributed by atoms with Crippen molar-refractivity contribution in [1.82, 2.24) is 19.7 Å². The second kappa shape index (κ2) is 6.06. The summed E-state index contributed by atoms with van der Waals surface area (Å²) >= 11 is 0. The number of hydrogen-bond donors (Lipinski definition) is 1. The number of rotatable bonds is 6. The summed E-state index contributed by atoms with van der Waals surface area (Å²) in [6.07, 6.45) is 3.13. The Balaban J connectivity index is 2.26. The van der Waals surface area contributed by atoms with E-state index in [0.29, 0.717) is 6.04 Å². The van der Waals surface area contributed by atoms with Crippen molar-refractivity contribution >= 4 is 0 Å². The number of aryl methyl sites for hydroxylation is 2. The lowest BCUT2D eigenvalue weighted by atomic mass is 10.2. The molecule has 104 valence electrons. The molecule has 4 heteroatoms. The molecule has 2 heterocycles. The van der Waals surface area contributed by atoms with Gasteiger partial charge in [-0.1, -0.05) is 6.92 Å². The Hall–Kier alpha value is -1.55. The van der Waals surface area contributed by atoms with Gasteiger partial charge in [0.15, 0.2) is 0 Å². The van der Waals surface area contributed by atoms with E-state index in [1.54, 1.807) is 0 Å². The SMILES string of the molecule is CCc1cc(Cn2cccc2C(C)NC)n(CC)n1. The van der Waals surface area contributed by atoms with Gasteiger partial charge in [-0.15, -0.1) is 0 Å². The predicted octanol–water partition coefficient (Wildman–Crippen LogP) is 2.60. The van der Waals surface area contributed by atoms with Gasteiger partial charge in [0.25, 0.3) is 0 Å². The molecule has 1 N–H and O–H groups in total. The lowest BCUT2D eigenvalue weighted by Crippen LogP contribution is -2.17. The summed E-state index contributed by atoms with van der Waals surface area (Å²) in [4.78, 5) is 0. The minimum atomic E-state index is 0.360. The molecule has 0 aliphatic carbocycles. The quantitative estimate of drug-likeness (QED) is 0.866. The third-order valence-electron chi connectivity index (χ3n) is 3.65. The smallest absolute Gasteiger partial charge is 0.0642 e. The zero-order chi connectivity index (χ0) is 13.8. The molecule has 0 bridgehead atoms. The Morgan fingerprint density at radius 3 is 2.79 bits per heavy atom. The van der Waals surface area contributed by atoms with Gasteiger partial charge in [0.1, 0.15) is 0 Å². The van der Waals surface area contributed by atoms with E-state index in [0.717, 1.165) is 19.5 Å². The van der Waals surface area contributed by atoms with Crippen molar-refractivity contribution < 1.29 is 0 Å². The fourth-order valence-electron chi connectivity index (χ4n) is 2.38. The predicted molar refractivity (Wildman–Crippen MR) is 78.3 cm³/mol. The number of aromatic nitrogens is 3. The standard InChI is InChI=1S/C15H24N4/c1-5-13-10-14(19(6-2)17-13)11-18-9-7-8-15(18)12(3)16-4/h7-10,12,16H,5-6,11H2,1-4H3. The summed E-state index contributed by atoms with van der Waals surface area (Å²) in [6, 6.07) is 6.86. The average molecular weight is 260 g/mol. The van der Waals surface area contributed by atoms with Crippen LogP contribution in [-0.4, -0.2) is 21.4 Å². The topological polar surface area (TPSA) is 34.8 Å². The summed E-state index contributed by atoms with van der Waals surface area (Å²) < 4.78 is 4.40. The molecule has 19 heavy (non-hydrogen) atoms. The Kier molecular flexibility index (Phi) is 4.43. The first kappa shape index (κ1) is 13.9. The van der Waals surface area contributed by atoms with Crippen molar-refractivity contribution in [3.8, 4) is 0 Å². The van der Waals surface area contributed by atoms with Gasteiger partial charge in [-0.2, -0.15) is 5.10 Å². The fraction of sp³-hybridized carbons (Fsp3) is 0.533. The van der Waals surface area contributed by atoms with Crippen molar-refractivity contribution in [3.05, 3.63) is 41.5 Å². The van der Waals surface area contributed by atoms with Gasteiger partial charge in [-0.3, -0.25) is 4.68 Å². The van der Waals surface area contributed by atoms with E-state index in [1.807, 2.05) is 7.05 Å². The van der Waals surface area contributed by atoms with Crippen LogP contribution >= 0.6 is 0 Å². The average Bonchev–Trinajstić information content (AvgIpc) is 3.04. The van der Waals surface area contributed by atoms with Crippen molar-refractivity contribution in [3.63, 3.8) is 0 Å². The van der Waals surface area contributed by atoms with Crippen LogP contribution in [0.4, 0.5) is 0 Å². The fourth-order valence-corrected chi connectivity index (χ4v) is 2.38. The first-order valence-corrected chi connectivity index (χ1v) is 7.07. The van der Waals surface area contributed by atoms with E-state index in [1.165, 1.54) is 17.1 Å². The molecule has 1 atom stereocenters. The molecule has 0 amide bonds. The Labute approximate surface area is 115 Å². The van der Waals surface area contributed by atoms with E-state index >= 15 is 0 Å². The second-order valence-corrected chi connectivity index (χ2v) is 4.87. The molecule has 0 aromatic carbocycles. The van der Waals surface area contributed by atoms with Gasteiger partial charge in [-0.05, 0) is 45.5 Å². The van der Waals surface area contributed by atoms with Crippen LogP contribution in [0.5, 0.6) is 0 Å². The van der Waals surface area contributed by atoms with Crippen molar-refractivity contribution in [2.45, 2.75) is 46.3 Å². The number of nitrogens with zero attached hydrogens (tertiary/aromatic N) is 3. The maximum absolute atomic E-state index is 4.61. The third kappa shape index (κ3) is 2.89. The normalized spacial score (nSPS) is 12.8. The molecule has 2 aromatic heterocycles. The van der Waals surface area contributed by atoms with Crippen LogP contribution in [0.25, 0.3) is 0 Å². The molecule has 2 rings (SSSR count). The Morgan fingerprint density at radius 1 is 1.37 bits per heavy atom. The summed E-state index contributed by atoms with van der Waals surface area (Å²) in [5, 5.41) is 7.91. The van der Waals surface area contributed by atoms with Gasteiger partial charge in [0.05, 0.1) is 17.9 Å². The minimum Gasteiger partial charge on any atom is -0.344 e. The lowest BCUT2D eigenvalue weighted by Gasteiger charge is -2.15. The van der Waals surface area contributed by atoms with Gasteiger partial charge in [0, 0.05) is 24.5 Å². The van der Waals surface area contributed by atoms with E-state index in [2.05, 4.69) is 64.8 Å². The summed E-state index contributed by atoms with van der Waals surface area (Å²) in [5.74, 6) is 0. The van der Waals surface area contributed by atoms with Crippen LogP contribution < -0.4 is 5.32 Å². The molecular formula is C15H24N4. The Bertz CT molecular complexity index is 524. The van der Waals surface area contributed by atoms with E-state index in [-0.39, 0.29) is 0 Å². The zero-order valence-corrected chi connectivity index (χ0v) is 12.3. The van der Waals surface area contributed by atoms with Crippen LogP contribution in [0.2, 0.25) is 0 Å². The molecule has 2 aromatic rings. The number of hydrogen-bond acceptors (Lipinski definition) is 2. The molecule has 0 saturated heterocycles. The molecule has 0 saturated carbocycles. The molecule has 0 fully saturated rings. The zero-order valence-electron chi connectivity index (χ0n) is 12.3. The molecule has 4 nitrogen and oxygen atoms in total. The molecule has 0 aliphatic heterocycles. The van der Waals surface area contributed by atoms with Gasteiger partial charge in [0.2, 0.25) is 0 Å². The minimum absolute atomic E-state index is 0.360. The maximum atomic E-state index is 4.61. The monoisotopic (exact) mass is 260 g/mol. The summed E-state index contributed by atoms with van der Waals surface area (Å²) in [5.41, 5.74) is 3.76. The second-order valence-electron chi connectivity index (χ2n) is 4.87. The van der Waals surface area contributed by atoms with E-state index in [4.69, 9.17) is 0 Å².